The van der Waals surface area contributed by atoms with Gasteiger partial charge in [0.2, 0.25) is 5.91 Å². The second-order valence-electron chi connectivity index (χ2n) is 7.77. The van der Waals surface area contributed by atoms with Gasteiger partial charge in [-0.25, -0.2) is 8.78 Å². The first-order valence-electron chi connectivity index (χ1n) is 9.64. The van der Waals surface area contributed by atoms with Gasteiger partial charge in [0.1, 0.15) is 0 Å². The third kappa shape index (κ3) is 4.46. The molecule has 148 valence electrons. The predicted molar refractivity (Wildman–Crippen MR) is 98.3 cm³/mol. The standard InChI is InChI=1S/C20H27F2N3O2/c1-14(2)5-7-24-8-6-18(20(24)27)23-9-11-25(12-10-23)19(26)15-3-4-16(21)17(22)13-15/h3-4,13-14,18H,5-12H2,1-2H3. The van der Waals surface area contributed by atoms with Crippen molar-refractivity contribution in [3.8, 4) is 0 Å². The number of rotatable bonds is 5. The van der Waals surface area contributed by atoms with Crippen LogP contribution in [0.2, 0.25) is 0 Å². The number of piperazine rings is 1. The lowest BCUT2D eigenvalue weighted by Gasteiger charge is -2.37. The van der Waals surface area contributed by atoms with Crippen LogP contribution in [0.15, 0.2) is 18.2 Å². The van der Waals surface area contributed by atoms with Crippen LogP contribution in [-0.2, 0) is 4.79 Å². The zero-order valence-corrected chi connectivity index (χ0v) is 16.0. The Labute approximate surface area is 158 Å². The molecule has 2 fully saturated rings. The summed E-state index contributed by atoms with van der Waals surface area (Å²) in [5, 5.41) is 0. The van der Waals surface area contributed by atoms with Crippen molar-refractivity contribution in [2.45, 2.75) is 32.7 Å². The quantitative estimate of drug-likeness (QED) is 0.789. The van der Waals surface area contributed by atoms with Crippen LogP contribution < -0.4 is 0 Å². The first kappa shape index (κ1) is 19.7. The summed E-state index contributed by atoms with van der Waals surface area (Å²) < 4.78 is 26.4. The van der Waals surface area contributed by atoms with E-state index in [0.29, 0.717) is 32.1 Å². The van der Waals surface area contributed by atoms with Crippen molar-refractivity contribution in [1.82, 2.24) is 14.7 Å². The minimum absolute atomic E-state index is 0.0994. The molecule has 1 atom stereocenters. The van der Waals surface area contributed by atoms with Crippen LogP contribution in [0.4, 0.5) is 8.78 Å². The summed E-state index contributed by atoms with van der Waals surface area (Å²) in [5.74, 6) is -1.51. The number of amides is 2. The molecule has 2 amide bonds. The van der Waals surface area contributed by atoms with E-state index in [0.717, 1.165) is 38.1 Å². The molecule has 0 N–H and O–H groups in total. The Bertz CT molecular complexity index is 702. The van der Waals surface area contributed by atoms with Gasteiger partial charge in [-0.1, -0.05) is 13.8 Å². The Morgan fingerprint density at radius 1 is 1.11 bits per heavy atom. The summed E-state index contributed by atoms with van der Waals surface area (Å²) in [4.78, 5) is 30.9. The van der Waals surface area contributed by atoms with Gasteiger partial charge in [-0.2, -0.15) is 0 Å². The zero-order chi connectivity index (χ0) is 19.6. The summed E-state index contributed by atoms with van der Waals surface area (Å²) in [6.45, 7) is 8.10. The van der Waals surface area contributed by atoms with E-state index in [9.17, 15) is 18.4 Å². The normalized spacial score (nSPS) is 21.4. The number of carbonyl (C=O) groups is 2. The van der Waals surface area contributed by atoms with E-state index in [2.05, 4.69) is 18.7 Å². The minimum Gasteiger partial charge on any atom is -0.341 e. The monoisotopic (exact) mass is 379 g/mol. The Morgan fingerprint density at radius 3 is 2.44 bits per heavy atom. The first-order valence-corrected chi connectivity index (χ1v) is 9.64. The van der Waals surface area contributed by atoms with Gasteiger partial charge in [0.25, 0.3) is 5.91 Å². The fourth-order valence-corrected chi connectivity index (χ4v) is 3.75. The molecular weight excluding hydrogens is 352 g/mol. The van der Waals surface area contributed by atoms with Gasteiger partial charge >= 0.3 is 0 Å². The third-order valence-corrected chi connectivity index (χ3v) is 5.45. The van der Waals surface area contributed by atoms with E-state index in [4.69, 9.17) is 0 Å². The molecular formula is C20H27F2N3O2. The number of carbonyl (C=O) groups excluding carboxylic acids is 2. The van der Waals surface area contributed by atoms with Crippen LogP contribution in [0.25, 0.3) is 0 Å². The van der Waals surface area contributed by atoms with Gasteiger partial charge in [0, 0.05) is 44.8 Å². The molecule has 27 heavy (non-hydrogen) atoms. The van der Waals surface area contributed by atoms with Crippen molar-refractivity contribution in [1.29, 1.82) is 0 Å². The van der Waals surface area contributed by atoms with Gasteiger partial charge in [0.15, 0.2) is 11.6 Å². The minimum atomic E-state index is -1.02. The van der Waals surface area contributed by atoms with E-state index in [1.165, 1.54) is 6.07 Å². The molecule has 3 rings (SSSR count). The van der Waals surface area contributed by atoms with E-state index in [-0.39, 0.29) is 23.4 Å². The lowest BCUT2D eigenvalue weighted by molar-refractivity contribution is -0.132. The zero-order valence-electron chi connectivity index (χ0n) is 16.0. The number of likely N-dealkylation sites (tertiary alicyclic amines) is 1. The summed E-state index contributed by atoms with van der Waals surface area (Å²) in [6, 6.07) is 3.12. The van der Waals surface area contributed by atoms with Crippen molar-refractivity contribution in [2.24, 2.45) is 5.92 Å². The summed E-state index contributed by atoms with van der Waals surface area (Å²) in [5.41, 5.74) is 0.152. The molecule has 0 radical (unpaired) electrons. The van der Waals surface area contributed by atoms with E-state index in [1.807, 2.05) is 4.90 Å². The van der Waals surface area contributed by atoms with Crippen LogP contribution in [0, 0.1) is 17.6 Å². The summed E-state index contributed by atoms with van der Waals surface area (Å²) in [6.07, 6.45) is 1.84. The number of halogens is 2. The van der Waals surface area contributed by atoms with Crippen LogP contribution in [0.5, 0.6) is 0 Å². The second kappa shape index (κ2) is 8.33. The SMILES string of the molecule is CC(C)CCN1CCC(N2CCN(C(=O)c3ccc(F)c(F)c3)CC2)C1=O. The second-order valence-corrected chi connectivity index (χ2v) is 7.77. The fourth-order valence-electron chi connectivity index (χ4n) is 3.75. The Morgan fingerprint density at radius 2 is 1.81 bits per heavy atom. The van der Waals surface area contributed by atoms with Crippen LogP contribution in [0.3, 0.4) is 0 Å². The van der Waals surface area contributed by atoms with Crippen molar-refractivity contribution < 1.29 is 18.4 Å². The molecule has 1 unspecified atom stereocenters. The van der Waals surface area contributed by atoms with Gasteiger partial charge in [-0.05, 0) is 37.0 Å². The molecule has 5 nitrogen and oxygen atoms in total. The summed E-state index contributed by atoms with van der Waals surface area (Å²) >= 11 is 0. The van der Waals surface area contributed by atoms with Crippen molar-refractivity contribution >= 4 is 11.8 Å². The van der Waals surface area contributed by atoms with Gasteiger partial charge in [-0.3, -0.25) is 14.5 Å². The molecule has 0 saturated carbocycles. The molecule has 0 spiro atoms. The average Bonchev–Trinajstić information content (AvgIpc) is 3.02. The molecule has 0 aromatic heterocycles. The number of benzene rings is 1. The molecule has 2 heterocycles. The van der Waals surface area contributed by atoms with Crippen LogP contribution in [0.1, 0.15) is 37.0 Å². The highest BCUT2D eigenvalue weighted by molar-refractivity contribution is 5.94. The van der Waals surface area contributed by atoms with Crippen LogP contribution >= 0.6 is 0 Å². The predicted octanol–water partition coefficient (Wildman–Crippen LogP) is 2.37. The maximum atomic E-state index is 13.4. The highest BCUT2D eigenvalue weighted by atomic mass is 19.2. The Balaban J connectivity index is 1.53. The lowest BCUT2D eigenvalue weighted by Crippen LogP contribution is -2.53. The number of hydrogen-bond donors (Lipinski definition) is 0. The first-order chi connectivity index (χ1) is 12.9. The molecule has 0 aliphatic carbocycles. The smallest absolute Gasteiger partial charge is 0.254 e. The molecule has 1 aromatic carbocycles. The molecule has 2 aliphatic heterocycles. The van der Waals surface area contributed by atoms with E-state index >= 15 is 0 Å². The van der Waals surface area contributed by atoms with E-state index < -0.39 is 11.6 Å². The largest absolute Gasteiger partial charge is 0.341 e. The molecule has 0 bridgehead atoms. The fraction of sp³-hybridized carbons (Fsp3) is 0.600. The van der Waals surface area contributed by atoms with Crippen molar-refractivity contribution in [3.63, 3.8) is 0 Å². The highest BCUT2D eigenvalue weighted by Gasteiger charge is 2.37. The van der Waals surface area contributed by atoms with Crippen LogP contribution in [-0.4, -0.2) is 71.8 Å². The molecule has 1 aromatic rings. The van der Waals surface area contributed by atoms with Gasteiger partial charge < -0.3 is 9.80 Å². The van der Waals surface area contributed by atoms with E-state index in [1.54, 1.807) is 4.90 Å². The lowest BCUT2D eigenvalue weighted by atomic mass is 10.1. The topological polar surface area (TPSA) is 43.9 Å². The van der Waals surface area contributed by atoms with Gasteiger partial charge in [-0.15, -0.1) is 0 Å². The number of hydrogen-bond acceptors (Lipinski definition) is 3. The maximum absolute atomic E-state index is 13.4. The molecule has 7 heteroatoms. The third-order valence-electron chi connectivity index (χ3n) is 5.45. The van der Waals surface area contributed by atoms with Crippen molar-refractivity contribution in [2.75, 3.05) is 39.3 Å². The number of nitrogens with zero attached hydrogens (tertiary/aromatic N) is 3. The van der Waals surface area contributed by atoms with Gasteiger partial charge in [0.05, 0.1) is 6.04 Å². The molecule has 2 aliphatic rings. The Kier molecular flexibility index (Phi) is 6.09. The Hall–Kier alpha value is -2.02. The average molecular weight is 379 g/mol. The molecule has 2 saturated heterocycles. The summed E-state index contributed by atoms with van der Waals surface area (Å²) in [7, 11) is 0. The van der Waals surface area contributed by atoms with Crippen molar-refractivity contribution in [3.05, 3.63) is 35.4 Å². The maximum Gasteiger partial charge on any atom is 0.254 e. The highest BCUT2D eigenvalue weighted by Crippen LogP contribution is 2.21.